The van der Waals surface area contributed by atoms with Crippen molar-refractivity contribution in [3.05, 3.63) is 30.3 Å². The Morgan fingerprint density at radius 1 is 1.24 bits per heavy atom. The smallest absolute Gasteiger partial charge is 0.305 e. The Hall–Kier alpha value is -2.04. The Balaban J connectivity index is 2.46. The quantitative estimate of drug-likeness (QED) is 0.760. The molecule has 0 fully saturated rings. The predicted octanol–water partition coefficient (Wildman–Crippen LogP) is 2.56. The van der Waals surface area contributed by atoms with Gasteiger partial charge in [0.15, 0.2) is 0 Å². The number of ether oxygens (including phenoxy) is 1. The van der Waals surface area contributed by atoms with Crippen LogP contribution in [0.4, 0.5) is 0 Å². The van der Waals surface area contributed by atoms with Gasteiger partial charge < -0.3 is 14.7 Å². The number of nitrogens with zero attached hydrogens (tertiary/aromatic N) is 1. The highest BCUT2D eigenvalue weighted by molar-refractivity contribution is 5.77. The van der Waals surface area contributed by atoms with Gasteiger partial charge in [-0.3, -0.25) is 9.59 Å². The van der Waals surface area contributed by atoms with E-state index in [1.807, 2.05) is 44.2 Å². The summed E-state index contributed by atoms with van der Waals surface area (Å²) in [6.45, 7) is 4.45. The Bertz CT molecular complexity index is 447. The topological polar surface area (TPSA) is 66.8 Å². The largest absolute Gasteiger partial charge is 0.493 e. The minimum atomic E-state index is -0.892. The molecule has 21 heavy (non-hydrogen) atoms. The fourth-order valence-corrected chi connectivity index (χ4v) is 1.94. The molecule has 0 saturated carbocycles. The van der Waals surface area contributed by atoms with E-state index in [-0.39, 0.29) is 31.3 Å². The van der Waals surface area contributed by atoms with Gasteiger partial charge in [-0.15, -0.1) is 0 Å². The molecule has 0 bridgehead atoms. The first-order valence-corrected chi connectivity index (χ1v) is 7.23. The van der Waals surface area contributed by atoms with Gasteiger partial charge in [-0.2, -0.15) is 0 Å². The molecule has 1 rings (SSSR count). The summed E-state index contributed by atoms with van der Waals surface area (Å²) in [7, 11) is 0. The van der Waals surface area contributed by atoms with E-state index in [0.29, 0.717) is 6.61 Å². The SMILES string of the molecule is CCC(C)N(CCC(=O)O)C(=O)CCOc1ccccc1. The molecule has 1 unspecified atom stereocenters. The molecule has 5 nitrogen and oxygen atoms in total. The Morgan fingerprint density at radius 3 is 2.48 bits per heavy atom. The molecular weight excluding hydrogens is 270 g/mol. The summed E-state index contributed by atoms with van der Waals surface area (Å²) in [6, 6.07) is 9.34. The van der Waals surface area contributed by atoms with E-state index >= 15 is 0 Å². The summed E-state index contributed by atoms with van der Waals surface area (Å²) < 4.78 is 5.50. The lowest BCUT2D eigenvalue weighted by Crippen LogP contribution is -2.40. The van der Waals surface area contributed by atoms with Crippen molar-refractivity contribution in [3.8, 4) is 5.75 Å². The lowest BCUT2D eigenvalue weighted by Gasteiger charge is -2.28. The third-order valence-corrected chi connectivity index (χ3v) is 3.34. The number of hydrogen-bond acceptors (Lipinski definition) is 3. The van der Waals surface area contributed by atoms with Gasteiger partial charge in [0, 0.05) is 12.6 Å². The summed E-state index contributed by atoms with van der Waals surface area (Å²) in [5.41, 5.74) is 0. The highest BCUT2D eigenvalue weighted by atomic mass is 16.5. The van der Waals surface area contributed by atoms with Crippen molar-refractivity contribution in [2.75, 3.05) is 13.2 Å². The van der Waals surface area contributed by atoms with Crippen molar-refractivity contribution in [1.29, 1.82) is 0 Å². The second-order valence-corrected chi connectivity index (χ2v) is 4.90. The van der Waals surface area contributed by atoms with E-state index < -0.39 is 5.97 Å². The number of amides is 1. The minimum absolute atomic E-state index is 0.0321. The van der Waals surface area contributed by atoms with Crippen LogP contribution in [0.15, 0.2) is 30.3 Å². The van der Waals surface area contributed by atoms with E-state index in [2.05, 4.69) is 0 Å². The van der Waals surface area contributed by atoms with Crippen LogP contribution in [0.1, 0.15) is 33.1 Å². The molecule has 0 spiro atoms. The highest BCUT2D eigenvalue weighted by Gasteiger charge is 2.19. The number of carboxylic acid groups (broad SMARTS) is 1. The number of carbonyl (C=O) groups is 2. The summed E-state index contributed by atoms with van der Waals surface area (Å²) >= 11 is 0. The molecule has 0 aliphatic carbocycles. The fraction of sp³-hybridized carbons (Fsp3) is 0.500. The third-order valence-electron chi connectivity index (χ3n) is 3.34. The van der Waals surface area contributed by atoms with Gasteiger partial charge in [0.05, 0.1) is 19.4 Å². The molecule has 0 heterocycles. The van der Waals surface area contributed by atoms with E-state index in [0.717, 1.165) is 12.2 Å². The van der Waals surface area contributed by atoms with Crippen LogP contribution in [0.25, 0.3) is 0 Å². The zero-order valence-corrected chi connectivity index (χ0v) is 12.6. The zero-order chi connectivity index (χ0) is 15.7. The van der Waals surface area contributed by atoms with Gasteiger partial charge >= 0.3 is 5.97 Å². The molecule has 1 aromatic carbocycles. The van der Waals surface area contributed by atoms with Crippen molar-refractivity contribution < 1.29 is 19.4 Å². The van der Waals surface area contributed by atoms with Crippen molar-refractivity contribution in [3.63, 3.8) is 0 Å². The van der Waals surface area contributed by atoms with Crippen LogP contribution in [0, 0.1) is 0 Å². The Morgan fingerprint density at radius 2 is 1.90 bits per heavy atom. The number of benzene rings is 1. The number of hydrogen-bond donors (Lipinski definition) is 1. The van der Waals surface area contributed by atoms with Gasteiger partial charge in [-0.1, -0.05) is 25.1 Å². The van der Waals surface area contributed by atoms with Gasteiger partial charge in [-0.05, 0) is 25.5 Å². The van der Waals surface area contributed by atoms with Crippen molar-refractivity contribution in [2.24, 2.45) is 0 Å². The third kappa shape index (κ3) is 6.29. The van der Waals surface area contributed by atoms with E-state index in [1.54, 1.807) is 4.90 Å². The summed E-state index contributed by atoms with van der Waals surface area (Å²) in [5.74, 6) is -0.232. The second-order valence-electron chi connectivity index (χ2n) is 4.90. The molecular formula is C16H23NO4. The summed E-state index contributed by atoms with van der Waals surface area (Å²) in [4.78, 5) is 24.5. The summed E-state index contributed by atoms with van der Waals surface area (Å²) in [5, 5.41) is 8.76. The van der Waals surface area contributed by atoms with E-state index in [9.17, 15) is 9.59 Å². The zero-order valence-electron chi connectivity index (χ0n) is 12.6. The first-order valence-electron chi connectivity index (χ1n) is 7.23. The summed E-state index contributed by atoms with van der Waals surface area (Å²) in [6.07, 6.45) is 1.01. The molecule has 1 amide bonds. The van der Waals surface area contributed by atoms with Crippen LogP contribution in [-0.4, -0.2) is 41.1 Å². The molecule has 0 aliphatic heterocycles. The molecule has 0 saturated heterocycles. The molecule has 0 radical (unpaired) electrons. The average Bonchev–Trinajstić information content (AvgIpc) is 2.48. The minimum Gasteiger partial charge on any atom is -0.493 e. The number of para-hydroxylation sites is 1. The highest BCUT2D eigenvalue weighted by Crippen LogP contribution is 2.11. The maximum absolute atomic E-state index is 12.2. The maximum Gasteiger partial charge on any atom is 0.305 e. The molecule has 5 heteroatoms. The normalized spacial score (nSPS) is 11.7. The van der Waals surface area contributed by atoms with Crippen molar-refractivity contribution in [1.82, 2.24) is 4.90 Å². The number of carbonyl (C=O) groups excluding carboxylic acids is 1. The first kappa shape index (κ1) is 17.0. The molecule has 1 N–H and O–H groups in total. The number of carboxylic acids is 1. The number of rotatable bonds is 9. The lowest BCUT2D eigenvalue weighted by molar-refractivity contribution is -0.139. The average molecular weight is 293 g/mol. The molecule has 1 aromatic rings. The van der Waals surface area contributed by atoms with Crippen LogP contribution in [0.2, 0.25) is 0 Å². The second kappa shape index (κ2) is 9.00. The van der Waals surface area contributed by atoms with Crippen LogP contribution < -0.4 is 4.74 Å². The lowest BCUT2D eigenvalue weighted by atomic mass is 10.2. The Labute approximate surface area is 125 Å². The molecule has 0 aromatic heterocycles. The van der Waals surface area contributed by atoms with Crippen molar-refractivity contribution in [2.45, 2.75) is 39.2 Å². The van der Waals surface area contributed by atoms with Crippen molar-refractivity contribution >= 4 is 11.9 Å². The molecule has 0 aliphatic rings. The molecule has 1 atom stereocenters. The molecule has 116 valence electrons. The predicted molar refractivity (Wildman–Crippen MR) is 80.3 cm³/mol. The van der Waals surface area contributed by atoms with Gasteiger partial charge in [0.25, 0.3) is 0 Å². The van der Waals surface area contributed by atoms with Crippen LogP contribution in [0.3, 0.4) is 0 Å². The maximum atomic E-state index is 12.2. The Kier molecular flexibility index (Phi) is 7.29. The monoisotopic (exact) mass is 293 g/mol. The van der Waals surface area contributed by atoms with Crippen LogP contribution in [0.5, 0.6) is 5.75 Å². The van der Waals surface area contributed by atoms with Gasteiger partial charge in [0.1, 0.15) is 5.75 Å². The standard InChI is InChI=1S/C16H23NO4/c1-3-13(2)17(11-9-16(19)20)15(18)10-12-21-14-7-5-4-6-8-14/h4-8,13H,3,9-12H2,1-2H3,(H,19,20). The number of aliphatic carboxylic acids is 1. The van der Waals surface area contributed by atoms with Gasteiger partial charge in [0.2, 0.25) is 5.91 Å². The van der Waals surface area contributed by atoms with Gasteiger partial charge in [-0.25, -0.2) is 0 Å². The fourth-order valence-electron chi connectivity index (χ4n) is 1.94. The first-order chi connectivity index (χ1) is 10.0. The van der Waals surface area contributed by atoms with E-state index in [4.69, 9.17) is 9.84 Å². The van der Waals surface area contributed by atoms with Crippen LogP contribution in [-0.2, 0) is 9.59 Å². The van der Waals surface area contributed by atoms with E-state index in [1.165, 1.54) is 0 Å². The van der Waals surface area contributed by atoms with Crippen LogP contribution >= 0.6 is 0 Å².